The van der Waals surface area contributed by atoms with Gasteiger partial charge in [-0.1, -0.05) is 0 Å². The highest BCUT2D eigenvalue weighted by atomic mass is 19.1. The van der Waals surface area contributed by atoms with Crippen molar-refractivity contribution >= 4 is 29.3 Å². The second kappa shape index (κ2) is 9.68. The van der Waals surface area contributed by atoms with E-state index in [0.717, 1.165) is 41.0 Å². The van der Waals surface area contributed by atoms with E-state index >= 15 is 4.39 Å². The maximum Gasteiger partial charge on any atom is 0.262 e. The molecule has 0 radical (unpaired) electrons. The van der Waals surface area contributed by atoms with E-state index in [1.165, 1.54) is 6.07 Å². The summed E-state index contributed by atoms with van der Waals surface area (Å²) < 4.78 is 15.2. The standard InChI is InChI=1S/C27H26FN7O4/c1-14-10-19(24-29-6-7-30-24)32-22(31-14)11-15-4-8-34(9-5-15)21-13-17-16(12-18(21)28)26(38)35(27(17)39)20-2-3-23(36)33-25(20)37/h6-7,10,12-13,15,20H,2-5,8-9,11H2,1H3,(H,29,30)(H,33,36,37). The normalized spacial score (nSPS) is 20.0. The number of imide groups is 2. The molecule has 1 unspecified atom stereocenters. The van der Waals surface area contributed by atoms with Crippen molar-refractivity contribution in [1.82, 2.24) is 30.2 Å². The molecule has 5 heterocycles. The van der Waals surface area contributed by atoms with Gasteiger partial charge in [0.2, 0.25) is 11.8 Å². The fourth-order valence-corrected chi connectivity index (χ4v) is 5.61. The maximum atomic E-state index is 15.2. The SMILES string of the molecule is Cc1cc(-c2ncc[nH]2)nc(CC2CCN(c3cc4c(cc3F)C(=O)N(C3CCC(=O)NC3=O)C4=O)CC2)n1. The zero-order valence-electron chi connectivity index (χ0n) is 21.2. The lowest BCUT2D eigenvalue weighted by molar-refractivity contribution is -0.136. The first-order valence-electron chi connectivity index (χ1n) is 12.9. The van der Waals surface area contributed by atoms with Crippen LogP contribution in [0.5, 0.6) is 0 Å². The number of carbonyl (C=O) groups excluding carboxylic acids is 4. The summed E-state index contributed by atoms with van der Waals surface area (Å²) >= 11 is 0. The van der Waals surface area contributed by atoms with Gasteiger partial charge in [0.25, 0.3) is 11.8 Å². The molecular weight excluding hydrogens is 505 g/mol. The van der Waals surface area contributed by atoms with Crippen LogP contribution in [0.3, 0.4) is 0 Å². The predicted molar refractivity (Wildman–Crippen MR) is 136 cm³/mol. The largest absolute Gasteiger partial charge is 0.369 e. The average molecular weight is 532 g/mol. The Morgan fingerprint density at radius 1 is 1.00 bits per heavy atom. The van der Waals surface area contributed by atoms with Crippen molar-refractivity contribution in [2.24, 2.45) is 5.92 Å². The van der Waals surface area contributed by atoms with Gasteiger partial charge in [-0.05, 0) is 50.3 Å². The van der Waals surface area contributed by atoms with Crippen molar-refractivity contribution in [3.8, 4) is 11.5 Å². The number of fused-ring (bicyclic) bond motifs is 1. The number of hydrogen-bond acceptors (Lipinski definition) is 8. The van der Waals surface area contributed by atoms with Gasteiger partial charge in [-0.3, -0.25) is 29.4 Å². The molecule has 6 rings (SSSR count). The van der Waals surface area contributed by atoms with Crippen molar-refractivity contribution in [3.05, 3.63) is 59.1 Å². The summed E-state index contributed by atoms with van der Waals surface area (Å²) in [5.74, 6) is -1.38. The Morgan fingerprint density at radius 3 is 2.44 bits per heavy atom. The smallest absolute Gasteiger partial charge is 0.262 e. The number of carbonyl (C=O) groups is 4. The van der Waals surface area contributed by atoms with Crippen molar-refractivity contribution < 1.29 is 23.6 Å². The summed E-state index contributed by atoms with van der Waals surface area (Å²) in [6, 6.07) is 3.29. The molecule has 3 aliphatic rings. The lowest BCUT2D eigenvalue weighted by Crippen LogP contribution is -2.54. The lowest BCUT2D eigenvalue weighted by atomic mass is 9.92. The molecule has 11 nitrogen and oxygen atoms in total. The average Bonchev–Trinajstić information content (AvgIpc) is 3.52. The minimum Gasteiger partial charge on any atom is -0.369 e. The van der Waals surface area contributed by atoms with Gasteiger partial charge in [0.05, 0.1) is 16.8 Å². The molecule has 4 amide bonds. The van der Waals surface area contributed by atoms with E-state index in [1.54, 1.807) is 12.4 Å². The number of benzene rings is 1. The van der Waals surface area contributed by atoms with Crippen molar-refractivity contribution in [2.45, 2.75) is 45.1 Å². The van der Waals surface area contributed by atoms with Crippen LogP contribution < -0.4 is 10.2 Å². The molecule has 12 heteroatoms. The fourth-order valence-electron chi connectivity index (χ4n) is 5.61. The third-order valence-corrected chi connectivity index (χ3v) is 7.58. The molecule has 3 aliphatic heterocycles. The number of imidazole rings is 1. The van der Waals surface area contributed by atoms with Crippen LogP contribution in [0.15, 0.2) is 30.6 Å². The van der Waals surface area contributed by atoms with Gasteiger partial charge in [0.1, 0.15) is 23.4 Å². The van der Waals surface area contributed by atoms with E-state index in [1.807, 2.05) is 17.9 Å². The van der Waals surface area contributed by atoms with Crippen LogP contribution in [0.25, 0.3) is 11.5 Å². The van der Waals surface area contributed by atoms with Crippen molar-refractivity contribution in [3.63, 3.8) is 0 Å². The summed E-state index contributed by atoms with van der Waals surface area (Å²) in [5.41, 5.74) is 1.86. The van der Waals surface area contributed by atoms with Crippen LogP contribution >= 0.6 is 0 Å². The Kier molecular flexibility index (Phi) is 6.16. The van der Waals surface area contributed by atoms with Gasteiger partial charge < -0.3 is 9.88 Å². The highest BCUT2D eigenvalue weighted by Gasteiger charge is 2.45. The van der Waals surface area contributed by atoms with Gasteiger partial charge in [-0.25, -0.2) is 19.3 Å². The van der Waals surface area contributed by atoms with Crippen LogP contribution in [-0.2, 0) is 16.0 Å². The molecule has 1 atom stereocenters. The number of aryl methyl sites for hydroxylation is 1. The number of amides is 4. The molecule has 200 valence electrons. The molecule has 0 spiro atoms. The van der Waals surface area contributed by atoms with E-state index in [9.17, 15) is 19.2 Å². The van der Waals surface area contributed by atoms with Crippen LogP contribution in [-0.4, -0.2) is 67.6 Å². The van der Waals surface area contributed by atoms with Gasteiger partial charge in [0.15, 0.2) is 5.82 Å². The number of anilines is 1. The van der Waals surface area contributed by atoms with E-state index in [4.69, 9.17) is 0 Å². The minimum atomic E-state index is -1.09. The lowest BCUT2D eigenvalue weighted by Gasteiger charge is -2.33. The molecule has 2 fully saturated rings. The first-order valence-corrected chi connectivity index (χ1v) is 12.9. The number of rotatable bonds is 5. The molecule has 0 aliphatic carbocycles. The van der Waals surface area contributed by atoms with Gasteiger partial charge in [0, 0.05) is 44.0 Å². The number of nitrogens with one attached hydrogen (secondary N) is 2. The molecular formula is C27H26FN7O4. The highest BCUT2D eigenvalue weighted by molar-refractivity contribution is 6.23. The molecule has 1 aromatic carbocycles. The summed E-state index contributed by atoms with van der Waals surface area (Å²) in [4.78, 5) is 69.2. The zero-order chi connectivity index (χ0) is 27.3. The molecule has 0 saturated carbocycles. The first-order chi connectivity index (χ1) is 18.8. The Hall–Kier alpha value is -4.48. The second-order valence-corrected chi connectivity index (χ2v) is 10.2. The Labute approximate surface area is 222 Å². The van der Waals surface area contributed by atoms with Crippen LogP contribution in [0.2, 0.25) is 0 Å². The van der Waals surface area contributed by atoms with Crippen LogP contribution in [0.4, 0.5) is 10.1 Å². The topological polar surface area (TPSA) is 141 Å². The molecule has 2 N–H and O–H groups in total. The zero-order valence-corrected chi connectivity index (χ0v) is 21.2. The van der Waals surface area contributed by atoms with E-state index in [-0.39, 0.29) is 29.7 Å². The quantitative estimate of drug-likeness (QED) is 0.477. The van der Waals surface area contributed by atoms with Gasteiger partial charge >= 0.3 is 0 Å². The minimum absolute atomic E-state index is 0.0239. The number of H-pyrrole nitrogens is 1. The number of halogens is 1. The first kappa shape index (κ1) is 24.8. The summed E-state index contributed by atoms with van der Waals surface area (Å²) in [5, 5.41) is 2.16. The van der Waals surface area contributed by atoms with E-state index in [0.29, 0.717) is 31.3 Å². The summed E-state index contributed by atoms with van der Waals surface area (Å²) in [6.45, 7) is 3.05. The number of piperidine rings is 2. The van der Waals surface area contributed by atoms with E-state index in [2.05, 4.69) is 25.3 Å². The van der Waals surface area contributed by atoms with Crippen LogP contribution in [0, 0.1) is 18.7 Å². The molecule has 3 aromatic rings. The van der Waals surface area contributed by atoms with Crippen LogP contribution in [0.1, 0.15) is 57.9 Å². The third kappa shape index (κ3) is 4.55. The monoisotopic (exact) mass is 531 g/mol. The molecule has 0 bridgehead atoms. The molecule has 39 heavy (non-hydrogen) atoms. The van der Waals surface area contributed by atoms with Crippen molar-refractivity contribution in [1.29, 1.82) is 0 Å². The van der Waals surface area contributed by atoms with Crippen molar-refractivity contribution in [2.75, 3.05) is 18.0 Å². The second-order valence-electron chi connectivity index (χ2n) is 10.2. The van der Waals surface area contributed by atoms with Gasteiger partial charge in [-0.15, -0.1) is 0 Å². The Bertz CT molecular complexity index is 1500. The number of hydrogen-bond donors (Lipinski definition) is 2. The summed E-state index contributed by atoms with van der Waals surface area (Å²) in [6.07, 6.45) is 5.73. The number of aromatic amines is 1. The number of aromatic nitrogens is 4. The van der Waals surface area contributed by atoms with E-state index < -0.39 is 35.5 Å². The third-order valence-electron chi connectivity index (χ3n) is 7.58. The molecule has 2 saturated heterocycles. The summed E-state index contributed by atoms with van der Waals surface area (Å²) in [7, 11) is 0. The fraction of sp³-hybridized carbons (Fsp3) is 0.370. The Morgan fingerprint density at radius 2 is 1.74 bits per heavy atom. The highest BCUT2D eigenvalue weighted by Crippen LogP contribution is 2.34. The molecule has 2 aromatic heterocycles. The predicted octanol–water partition coefficient (Wildman–Crippen LogP) is 2.17. The van der Waals surface area contributed by atoms with Gasteiger partial charge in [-0.2, -0.15) is 0 Å². The number of nitrogens with zero attached hydrogens (tertiary/aromatic N) is 5. The maximum absolute atomic E-state index is 15.2. The Balaban J connectivity index is 1.15.